The van der Waals surface area contributed by atoms with Crippen molar-refractivity contribution in [3.8, 4) is 0 Å². The molecule has 0 bridgehead atoms. The molecule has 1 aliphatic rings. The molecule has 167 valence electrons. The maximum Gasteiger partial charge on any atom is 0.444 e. The van der Waals surface area contributed by atoms with E-state index in [1.54, 1.807) is 0 Å². The van der Waals surface area contributed by atoms with Gasteiger partial charge in [0.25, 0.3) is 5.56 Å². The number of nitrogens with one attached hydrogen (secondary N) is 1. The number of rotatable bonds is 8. The Kier molecular flexibility index (Phi) is 7.00. The van der Waals surface area contributed by atoms with Gasteiger partial charge in [0.05, 0.1) is 14.1 Å². The van der Waals surface area contributed by atoms with E-state index in [-0.39, 0.29) is 5.56 Å². The summed E-state index contributed by atoms with van der Waals surface area (Å²) in [6.45, 7) is 0.649. The summed E-state index contributed by atoms with van der Waals surface area (Å²) in [4.78, 5) is 51.3. The van der Waals surface area contributed by atoms with E-state index < -0.39 is 58.3 Å². The topological polar surface area (TPSA) is 194 Å². The van der Waals surface area contributed by atoms with Crippen LogP contribution in [0.5, 0.6) is 0 Å². The van der Waals surface area contributed by atoms with E-state index in [1.165, 1.54) is 25.3 Å². The van der Waals surface area contributed by atoms with E-state index >= 15 is 0 Å². The summed E-state index contributed by atoms with van der Waals surface area (Å²) >= 11 is 0. The highest BCUT2D eigenvalue weighted by atomic mass is 31.3. The fourth-order valence-electron chi connectivity index (χ4n) is 2.09. The Labute approximate surface area is 167 Å². The lowest BCUT2D eigenvalue weighted by Crippen LogP contribution is -2.33. The van der Waals surface area contributed by atoms with E-state index in [4.69, 9.17) is 27.0 Å². The van der Waals surface area contributed by atoms with Gasteiger partial charge < -0.3 is 36.1 Å². The first kappa shape index (κ1) is 25.1. The van der Waals surface area contributed by atoms with Crippen molar-refractivity contribution in [3.05, 3.63) is 44.8 Å². The molecule has 1 aromatic heterocycles. The fourth-order valence-corrected chi connectivity index (χ4v) is 5.90. The number of halogens is 2. The number of hydrogen-bond donors (Lipinski definition) is 4. The van der Waals surface area contributed by atoms with Crippen LogP contribution in [-0.4, -0.2) is 49.9 Å². The Morgan fingerprint density at radius 2 is 1.87 bits per heavy atom. The number of aryl methyl sites for hydroxylation is 1. The summed E-state index contributed by atoms with van der Waals surface area (Å²) in [5.41, 5.74) is -1.23. The van der Waals surface area contributed by atoms with E-state index in [2.05, 4.69) is 8.83 Å². The fraction of sp³-hybridized carbons (Fsp3) is 0.455. The highest BCUT2D eigenvalue weighted by Gasteiger charge is 2.65. The average molecular weight is 492 g/mol. The maximum absolute atomic E-state index is 13.4. The number of hydrogen-bond acceptors (Lipinski definition) is 8. The Morgan fingerprint density at radius 1 is 1.27 bits per heavy atom. The molecule has 2 heterocycles. The second kappa shape index (κ2) is 8.38. The van der Waals surface area contributed by atoms with Gasteiger partial charge in [-0.3, -0.25) is 27.8 Å². The van der Waals surface area contributed by atoms with Crippen LogP contribution in [0.15, 0.2) is 27.9 Å². The molecule has 0 amide bonds. The highest BCUT2D eigenvalue weighted by Crippen LogP contribution is 2.77. The summed E-state index contributed by atoms with van der Waals surface area (Å²) in [5, 5.41) is -5.59. The van der Waals surface area contributed by atoms with Crippen LogP contribution in [0.1, 0.15) is 11.8 Å². The van der Waals surface area contributed by atoms with E-state index in [1.807, 2.05) is 4.98 Å². The van der Waals surface area contributed by atoms with Crippen LogP contribution in [0.4, 0.5) is 8.78 Å². The minimum Gasteiger partial charge on any atom is -0.443 e. The molecule has 0 spiro atoms. The zero-order valence-corrected chi connectivity index (χ0v) is 17.5. The molecule has 0 aliphatic carbocycles. The van der Waals surface area contributed by atoms with Crippen LogP contribution < -0.4 is 11.2 Å². The highest BCUT2D eigenvalue weighted by molar-refractivity contribution is 7.86. The molecule has 0 aromatic carbocycles. The molecule has 0 fully saturated rings. The van der Waals surface area contributed by atoms with Crippen molar-refractivity contribution < 1.29 is 50.7 Å². The van der Waals surface area contributed by atoms with Gasteiger partial charge in [-0.1, -0.05) is 6.08 Å². The van der Waals surface area contributed by atoms with Crippen LogP contribution in [-0.2, 0) is 27.3 Å². The molecule has 19 heteroatoms. The zero-order valence-electron chi connectivity index (χ0n) is 14.8. The third-order valence-electron chi connectivity index (χ3n) is 3.56. The molecule has 4 atom stereocenters. The monoisotopic (exact) mass is 492 g/mol. The summed E-state index contributed by atoms with van der Waals surface area (Å²) in [5.74, 6) is 0. The molecular formula is C11H14BF2N2O11P3-. The van der Waals surface area contributed by atoms with Gasteiger partial charge in [-0.25, -0.2) is 4.79 Å². The molecule has 0 saturated heterocycles. The van der Waals surface area contributed by atoms with E-state index in [9.17, 15) is 32.1 Å². The van der Waals surface area contributed by atoms with Crippen molar-refractivity contribution in [2.45, 2.75) is 24.7 Å². The summed E-state index contributed by atoms with van der Waals surface area (Å²) < 4.78 is 75.3. The SMILES string of the molecule is [B-][P@](=O)(OC[C@@H]1C=C[C@H](n2cc(C)c(=O)[nH]c2=O)O1)OP(=O)(O)C(F)(F)P(=O)(O)O. The van der Waals surface area contributed by atoms with Crippen LogP contribution in [0, 0.1) is 6.92 Å². The molecule has 0 saturated carbocycles. The predicted octanol–water partition coefficient (Wildman–Crippen LogP) is 0.522. The minimum absolute atomic E-state index is 0.191. The van der Waals surface area contributed by atoms with Crippen molar-refractivity contribution in [3.63, 3.8) is 0 Å². The largest absolute Gasteiger partial charge is 0.444 e. The number of aromatic nitrogens is 2. The van der Waals surface area contributed by atoms with Gasteiger partial charge in [0, 0.05) is 11.8 Å². The first-order valence-electron chi connectivity index (χ1n) is 7.63. The smallest absolute Gasteiger partial charge is 0.443 e. The summed E-state index contributed by atoms with van der Waals surface area (Å²) in [7, 11) is -13.3. The number of ether oxygens (including phenoxy) is 1. The van der Waals surface area contributed by atoms with Crippen LogP contribution in [0.3, 0.4) is 0 Å². The molecule has 1 aromatic rings. The molecule has 4 N–H and O–H groups in total. The molecular weight excluding hydrogens is 478 g/mol. The molecule has 1 unspecified atom stereocenters. The molecule has 13 nitrogen and oxygen atoms in total. The second-order valence-electron chi connectivity index (χ2n) is 5.92. The first-order chi connectivity index (χ1) is 13.5. The van der Waals surface area contributed by atoms with Crippen LogP contribution >= 0.6 is 22.7 Å². The molecule has 2 rings (SSSR count). The first-order valence-corrected chi connectivity index (χ1v) is 12.4. The summed E-state index contributed by atoms with van der Waals surface area (Å²) in [6.07, 6.45) is 1.68. The van der Waals surface area contributed by atoms with Crippen molar-refractivity contribution >= 4 is 30.2 Å². The van der Waals surface area contributed by atoms with Gasteiger partial charge in [0.2, 0.25) is 0 Å². The van der Waals surface area contributed by atoms with Crippen molar-refractivity contribution in [2.24, 2.45) is 0 Å². The van der Waals surface area contributed by atoms with Crippen molar-refractivity contribution in [1.82, 2.24) is 9.55 Å². The third kappa shape index (κ3) is 5.34. The molecule has 1 aliphatic heterocycles. The van der Waals surface area contributed by atoms with Crippen LogP contribution in [0.2, 0.25) is 0 Å². The predicted molar refractivity (Wildman–Crippen MR) is 96.3 cm³/mol. The number of nitrogens with zero attached hydrogens (tertiary/aromatic N) is 1. The molecule has 3 radical (unpaired) electrons. The normalized spacial score (nSPS) is 23.8. The Bertz CT molecular complexity index is 1110. The number of H-pyrrole nitrogens is 1. The van der Waals surface area contributed by atoms with E-state index in [0.717, 1.165) is 4.57 Å². The standard InChI is InChI=1S/C11H14BF2N2O11P3/c1-6-4-16(10(18)15-9(6)17)8-3-2-7(26-8)5-25-30(12,24)27-29(22,23)11(13,14)28(19,20)21/h2-4,7-8H,5H2,1H3,(H,22,23)(H,15,17,18)(H2,19,20,21)/q-1/t7-,8+,30-/m0/s1. The second-order valence-corrected chi connectivity index (χ2v) is 11.5. The Hall–Kier alpha value is -1.21. The van der Waals surface area contributed by atoms with E-state index in [0.29, 0.717) is 0 Å². The lowest BCUT2D eigenvalue weighted by molar-refractivity contribution is -0.00646. The summed E-state index contributed by atoms with van der Waals surface area (Å²) in [6, 6.07) is 0. The quantitative estimate of drug-likeness (QED) is 0.225. The van der Waals surface area contributed by atoms with Crippen molar-refractivity contribution in [2.75, 3.05) is 6.61 Å². The number of aromatic amines is 1. The van der Waals surface area contributed by atoms with Gasteiger partial charge in [0.15, 0.2) is 6.23 Å². The third-order valence-corrected chi connectivity index (χ3v) is 8.78. The molecule has 30 heavy (non-hydrogen) atoms. The lowest BCUT2D eigenvalue weighted by Gasteiger charge is -2.32. The minimum atomic E-state index is -6.52. The van der Waals surface area contributed by atoms with Crippen molar-refractivity contribution in [1.29, 1.82) is 0 Å². The van der Waals surface area contributed by atoms with Gasteiger partial charge in [-0.2, -0.15) is 8.78 Å². The maximum atomic E-state index is 13.4. The average Bonchev–Trinajstić information content (AvgIpc) is 3.03. The zero-order chi connectivity index (χ0) is 23.1. The van der Waals surface area contributed by atoms with Gasteiger partial charge in [-0.05, 0) is 13.0 Å². The van der Waals surface area contributed by atoms with Gasteiger partial charge in [0.1, 0.15) is 6.10 Å². The van der Waals surface area contributed by atoms with Crippen LogP contribution in [0.25, 0.3) is 0 Å². The Morgan fingerprint density at radius 3 is 2.43 bits per heavy atom. The Balaban J connectivity index is 2.04. The van der Waals surface area contributed by atoms with Gasteiger partial charge >= 0.3 is 26.3 Å². The lowest BCUT2D eigenvalue weighted by atomic mass is 10.3. The van der Waals surface area contributed by atoms with Gasteiger partial charge in [-0.15, -0.1) is 0 Å². The number of alkyl halides is 2.